The highest BCUT2D eigenvalue weighted by atomic mass is 32.1. The monoisotopic (exact) mass is 354 g/mol. The Morgan fingerprint density at radius 1 is 1.42 bits per heavy atom. The first-order valence-corrected chi connectivity index (χ1v) is 8.60. The van der Waals surface area contributed by atoms with Crippen LogP contribution in [-0.4, -0.2) is 41.3 Å². The van der Waals surface area contributed by atoms with Crippen molar-refractivity contribution in [1.82, 2.24) is 5.32 Å². The van der Waals surface area contributed by atoms with E-state index in [1.807, 2.05) is 0 Å². The van der Waals surface area contributed by atoms with Crippen LogP contribution in [0.5, 0.6) is 0 Å². The van der Waals surface area contributed by atoms with Crippen molar-refractivity contribution in [1.29, 1.82) is 0 Å². The minimum Gasteiger partial charge on any atom is -0.477 e. The molecule has 0 spiro atoms. The quantitative estimate of drug-likeness (QED) is 0.866. The van der Waals surface area contributed by atoms with Gasteiger partial charge >= 0.3 is 12.1 Å². The Bertz CT molecular complexity index is 662. The molecule has 1 aliphatic rings. The second-order valence-corrected chi connectivity index (χ2v) is 7.68. The minimum atomic E-state index is -1.05. The van der Waals surface area contributed by atoms with E-state index in [4.69, 9.17) is 4.74 Å². The number of carbonyl (C=O) groups excluding carboxylic acids is 2. The fourth-order valence-electron chi connectivity index (χ4n) is 2.54. The number of carboxylic acids is 1. The van der Waals surface area contributed by atoms with Crippen LogP contribution in [0.15, 0.2) is 5.38 Å². The number of thiophene rings is 1. The highest BCUT2D eigenvalue weighted by Gasteiger charge is 2.32. The topological polar surface area (TPSA) is 95.9 Å². The van der Waals surface area contributed by atoms with Crippen LogP contribution in [0.25, 0.3) is 0 Å². The molecular formula is C16H22N2O5S. The van der Waals surface area contributed by atoms with Gasteiger partial charge < -0.3 is 20.1 Å². The summed E-state index contributed by atoms with van der Waals surface area (Å²) in [6.07, 6.45) is 0.313. The molecule has 2 N–H and O–H groups in total. The number of hydrogen-bond donors (Lipinski definition) is 2. The number of alkyl carbamates (subject to hydrolysis) is 1. The number of nitrogens with zero attached hydrogens (tertiary/aromatic N) is 1. The highest BCUT2D eigenvalue weighted by Crippen LogP contribution is 2.36. The molecule has 8 heteroatoms. The van der Waals surface area contributed by atoms with Crippen LogP contribution in [0.4, 0.5) is 10.5 Å². The number of anilines is 1. The molecule has 2 amide bonds. The molecule has 0 bridgehead atoms. The molecule has 132 valence electrons. The van der Waals surface area contributed by atoms with E-state index in [0.29, 0.717) is 18.5 Å². The number of aryl methyl sites for hydroxylation is 1. The van der Waals surface area contributed by atoms with E-state index in [2.05, 4.69) is 5.32 Å². The van der Waals surface area contributed by atoms with Gasteiger partial charge in [-0.1, -0.05) is 0 Å². The number of hydrogen-bond acceptors (Lipinski definition) is 5. The summed E-state index contributed by atoms with van der Waals surface area (Å²) in [4.78, 5) is 37.1. The first kappa shape index (κ1) is 18.3. The Hall–Kier alpha value is -2.09. The zero-order chi connectivity index (χ0) is 18.1. The van der Waals surface area contributed by atoms with Crippen LogP contribution in [0, 0.1) is 0 Å². The molecule has 1 aromatic heterocycles. The minimum absolute atomic E-state index is 0.138. The molecule has 2 heterocycles. The van der Waals surface area contributed by atoms with Crippen molar-refractivity contribution < 1.29 is 24.2 Å². The molecular weight excluding hydrogens is 332 g/mol. The lowest BCUT2D eigenvalue weighted by molar-refractivity contribution is -0.119. The Kier molecular flexibility index (Phi) is 5.17. The molecule has 0 aliphatic carbocycles. The number of nitrogens with one attached hydrogen (secondary N) is 1. The zero-order valence-electron chi connectivity index (χ0n) is 14.2. The lowest BCUT2D eigenvalue weighted by atomic mass is 10.0. The van der Waals surface area contributed by atoms with Crippen LogP contribution in [0.1, 0.15) is 49.4 Å². The van der Waals surface area contributed by atoms with Crippen LogP contribution in [0.2, 0.25) is 0 Å². The Labute approximate surface area is 144 Å². The SMILES string of the molecule is CC(CN1C(=O)CCc2csc(C(=O)O)c21)NC(=O)OC(C)(C)C. The third-order valence-corrected chi connectivity index (χ3v) is 4.44. The van der Waals surface area contributed by atoms with Crippen molar-refractivity contribution in [3.05, 3.63) is 15.8 Å². The summed E-state index contributed by atoms with van der Waals surface area (Å²) in [5.74, 6) is -1.19. The molecule has 0 radical (unpaired) electrons. The van der Waals surface area contributed by atoms with Crippen LogP contribution in [0.3, 0.4) is 0 Å². The predicted molar refractivity (Wildman–Crippen MR) is 90.8 cm³/mol. The molecule has 7 nitrogen and oxygen atoms in total. The van der Waals surface area contributed by atoms with Gasteiger partial charge in [-0.2, -0.15) is 0 Å². The summed E-state index contributed by atoms with van der Waals surface area (Å²) in [6.45, 7) is 7.24. The van der Waals surface area contributed by atoms with Crippen LogP contribution >= 0.6 is 11.3 Å². The first-order chi connectivity index (χ1) is 11.1. The van der Waals surface area contributed by atoms with Crippen molar-refractivity contribution in [2.75, 3.05) is 11.4 Å². The van der Waals surface area contributed by atoms with E-state index >= 15 is 0 Å². The predicted octanol–water partition coefficient (Wildman–Crippen LogP) is 2.64. The second-order valence-electron chi connectivity index (χ2n) is 6.80. The zero-order valence-corrected chi connectivity index (χ0v) is 15.0. The van der Waals surface area contributed by atoms with Gasteiger partial charge in [-0.05, 0) is 45.1 Å². The van der Waals surface area contributed by atoms with Gasteiger partial charge in [0.1, 0.15) is 10.5 Å². The van der Waals surface area contributed by atoms with E-state index < -0.39 is 17.7 Å². The van der Waals surface area contributed by atoms with E-state index in [1.165, 1.54) is 4.90 Å². The van der Waals surface area contributed by atoms with Crippen molar-refractivity contribution in [2.45, 2.75) is 52.2 Å². The van der Waals surface area contributed by atoms with Crippen molar-refractivity contribution in [2.24, 2.45) is 0 Å². The molecule has 0 fully saturated rings. The van der Waals surface area contributed by atoms with E-state index in [9.17, 15) is 19.5 Å². The molecule has 2 rings (SSSR count). The largest absolute Gasteiger partial charge is 0.477 e. The average Bonchev–Trinajstić information content (AvgIpc) is 2.83. The van der Waals surface area contributed by atoms with E-state index in [0.717, 1.165) is 16.9 Å². The summed E-state index contributed by atoms with van der Waals surface area (Å²) < 4.78 is 5.20. The van der Waals surface area contributed by atoms with Crippen LogP contribution in [-0.2, 0) is 16.0 Å². The maximum atomic E-state index is 12.3. The summed E-state index contributed by atoms with van der Waals surface area (Å²) >= 11 is 1.12. The number of ether oxygens (including phenoxy) is 1. The van der Waals surface area contributed by atoms with Gasteiger partial charge in [0, 0.05) is 19.0 Å². The maximum absolute atomic E-state index is 12.3. The lowest BCUT2D eigenvalue weighted by Crippen LogP contribution is -2.47. The number of amides is 2. The van der Waals surface area contributed by atoms with Gasteiger partial charge in [-0.15, -0.1) is 11.3 Å². The molecule has 0 aromatic carbocycles. The number of carbonyl (C=O) groups is 3. The highest BCUT2D eigenvalue weighted by molar-refractivity contribution is 7.12. The van der Waals surface area contributed by atoms with Crippen molar-refractivity contribution in [3.63, 3.8) is 0 Å². The molecule has 0 saturated heterocycles. The number of carboxylic acid groups (broad SMARTS) is 1. The molecule has 1 atom stereocenters. The number of rotatable bonds is 4. The van der Waals surface area contributed by atoms with Gasteiger partial charge in [0.05, 0.1) is 5.69 Å². The number of aromatic carboxylic acids is 1. The first-order valence-electron chi connectivity index (χ1n) is 7.72. The smallest absolute Gasteiger partial charge is 0.407 e. The average molecular weight is 354 g/mol. The maximum Gasteiger partial charge on any atom is 0.407 e. The van der Waals surface area contributed by atoms with Crippen LogP contribution < -0.4 is 10.2 Å². The third kappa shape index (κ3) is 4.25. The molecule has 1 unspecified atom stereocenters. The van der Waals surface area contributed by atoms with Crippen molar-refractivity contribution in [3.8, 4) is 0 Å². The standard InChI is InChI=1S/C16H22N2O5S/c1-9(17-15(22)23-16(2,3)4)7-18-11(19)6-5-10-8-24-13(12(10)18)14(20)21/h8-9H,5-7H2,1-4H3,(H,17,22)(H,20,21). The molecule has 1 aliphatic heterocycles. The Morgan fingerprint density at radius 2 is 2.08 bits per heavy atom. The van der Waals surface area contributed by atoms with E-state index in [1.54, 1.807) is 33.1 Å². The van der Waals surface area contributed by atoms with Gasteiger partial charge in [-0.25, -0.2) is 9.59 Å². The molecule has 0 saturated carbocycles. The fraction of sp³-hybridized carbons (Fsp3) is 0.562. The summed E-state index contributed by atoms with van der Waals surface area (Å²) in [6, 6.07) is -0.378. The Morgan fingerprint density at radius 3 is 2.67 bits per heavy atom. The second kappa shape index (κ2) is 6.80. The third-order valence-electron chi connectivity index (χ3n) is 3.43. The van der Waals surface area contributed by atoms with Gasteiger partial charge in [0.25, 0.3) is 0 Å². The van der Waals surface area contributed by atoms with Gasteiger partial charge in [0.2, 0.25) is 5.91 Å². The lowest BCUT2D eigenvalue weighted by Gasteiger charge is -2.31. The number of fused-ring (bicyclic) bond motifs is 1. The van der Waals surface area contributed by atoms with E-state index in [-0.39, 0.29) is 23.4 Å². The fourth-order valence-corrected chi connectivity index (χ4v) is 3.48. The normalized spacial score (nSPS) is 15.7. The molecule has 24 heavy (non-hydrogen) atoms. The summed E-state index contributed by atoms with van der Waals surface area (Å²) in [5, 5.41) is 13.8. The molecule has 1 aromatic rings. The van der Waals surface area contributed by atoms with Crippen molar-refractivity contribution >= 4 is 35.0 Å². The van der Waals surface area contributed by atoms with Gasteiger partial charge in [-0.3, -0.25) is 4.79 Å². The summed E-state index contributed by atoms with van der Waals surface area (Å²) in [5.41, 5.74) is 0.713. The van der Waals surface area contributed by atoms with Gasteiger partial charge in [0.15, 0.2) is 0 Å². The summed E-state index contributed by atoms with van der Waals surface area (Å²) in [7, 11) is 0. The Balaban J connectivity index is 2.12.